The predicted octanol–water partition coefficient (Wildman–Crippen LogP) is 7.30. The summed E-state index contributed by atoms with van der Waals surface area (Å²) in [7, 11) is -1.51. The fourth-order valence-corrected chi connectivity index (χ4v) is 5.20. The highest BCUT2D eigenvalue weighted by Crippen LogP contribution is 2.24. The van der Waals surface area contributed by atoms with Crippen LogP contribution in [0.15, 0.2) is 29.3 Å². The van der Waals surface area contributed by atoms with Gasteiger partial charge in [0.05, 0.1) is 24.0 Å². The number of allylic oxidation sites excluding steroid dienone is 4. The summed E-state index contributed by atoms with van der Waals surface area (Å²) >= 11 is 0. The van der Waals surface area contributed by atoms with Gasteiger partial charge in [-0.05, 0) is 32.3 Å². The fraction of sp³-hybridized carbons (Fsp3) is 0.700. The van der Waals surface area contributed by atoms with Crippen molar-refractivity contribution in [3.05, 3.63) is 40.6 Å². The normalized spacial score (nSPS) is 13.8. The minimum absolute atomic E-state index is 0.110. The lowest BCUT2D eigenvalue weighted by molar-refractivity contribution is 0.0985. The smallest absolute Gasteiger partial charge is 0.317 e. The third-order valence-electron chi connectivity index (χ3n) is 4.97. The maximum absolute atomic E-state index is 12.3. The molecule has 0 aliphatic carbocycles. The molecule has 0 atom stereocenters. The Kier molecular flexibility index (Phi) is 32.9. The van der Waals surface area contributed by atoms with Crippen LogP contribution in [-0.4, -0.2) is 54.8 Å². The average molecular weight is 588 g/mol. The minimum atomic E-state index is -3.12. The summed E-state index contributed by atoms with van der Waals surface area (Å²) in [5.74, 6) is 0.252. The van der Waals surface area contributed by atoms with Crippen LogP contribution in [0.25, 0.3) is 0 Å². The van der Waals surface area contributed by atoms with E-state index in [4.69, 9.17) is 10.5 Å². The first kappa shape index (κ1) is 44.6. The van der Waals surface area contributed by atoms with E-state index in [1.165, 1.54) is 0 Å². The number of anilines is 1. The molecule has 3 heterocycles. The molecule has 2 aliphatic rings. The molecule has 0 saturated carbocycles. The molecule has 10 heteroatoms. The number of ether oxygens (including phenoxy) is 1. The Morgan fingerprint density at radius 3 is 2.02 bits per heavy atom. The van der Waals surface area contributed by atoms with Gasteiger partial charge < -0.3 is 20.7 Å². The topological polar surface area (TPSA) is 128 Å². The SMILES string of the molecule is C/C=C/C=C(\CC)S(=O)(=O)C1CCOCC1.CC.CC.CC.CC.CC.CNC(=O)N1Cc2cnc(N)nc2C1. The van der Waals surface area contributed by atoms with E-state index >= 15 is 0 Å². The molecule has 1 aromatic heterocycles. The number of nitrogens with zero attached hydrogens (tertiary/aromatic N) is 3. The molecule has 3 N–H and O–H groups in total. The molecule has 0 bridgehead atoms. The van der Waals surface area contributed by atoms with E-state index in [1.54, 1.807) is 30.3 Å². The largest absolute Gasteiger partial charge is 0.381 e. The summed E-state index contributed by atoms with van der Waals surface area (Å²) in [4.78, 5) is 21.4. The Bertz CT molecular complexity index is 897. The quantitative estimate of drug-likeness (QED) is 0.354. The molecular formula is C30H61N5O4S. The second-order valence-corrected chi connectivity index (χ2v) is 9.26. The van der Waals surface area contributed by atoms with Crippen LogP contribution in [0.2, 0.25) is 0 Å². The van der Waals surface area contributed by atoms with Gasteiger partial charge in [-0.25, -0.2) is 23.2 Å². The summed E-state index contributed by atoms with van der Waals surface area (Å²) in [6.07, 6.45) is 8.81. The number of nitrogens with two attached hydrogens (primary N) is 1. The van der Waals surface area contributed by atoms with Crippen molar-refractivity contribution in [1.82, 2.24) is 20.2 Å². The lowest BCUT2D eigenvalue weighted by Crippen LogP contribution is -2.33. The van der Waals surface area contributed by atoms with Gasteiger partial charge in [-0.2, -0.15) is 0 Å². The number of hydrogen-bond acceptors (Lipinski definition) is 7. The standard InChI is InChI=1S/C12H20O3S.C8H11N5O.5C2H6/c1-3-5-6-11(4-2)16(13,14)12-7-9-15-10-8-12;1-10-8(14)13-3-5-2-11-7(9)12-6(5)4-13;5*1-2/h3,5-6,12H,4,7-10H2,1-2H3;2H,3-4H2,1H3,(H,10,14)(H2,9,11,12);5*1-2H3/b5-3+,11-6+;;;;;;. The molecular weight excluding hydrogens is 526 g/mol. The second-order valence-electron chi connectivity index (χ2n) is 6.98. The van der Waals surface area contributed by atoms with Crippen molar-refractivity contribution < 1.29 is 17.9 Å². The lowest BCUT2D eigenvalue weighted by atomic mass is 10.2. The molecule has 9 nitrogen and oxygen atoms in total. The zero-order valence-corrected chi connectivity index (χ0v) is 28.6. The second kappa shape index (κ2) is 29.5. The van der Waals surface area contributed by atoms with Gasteiger partial charge in [0.25, 0.3) is 0 Å². The van der Waals surface area contributed by atoms with Crippen LogP contribution >= 0.6 is 0 Å². The molecule has 0 radical (unpaired) electrons. The number of urea groups is 1. The van der Waals surface area contributed by atoms with Gasteiger partial charge in [0.1, 0.15) is 0 Å². The monoisotopic (exact) mass is 587 g/mol. The summed E-state index contributed by atoms with van der Waals surface area (Å²) in [5.41, 5.74) is 7.24. The van der Waals surface area contributed by atoms with Crippen LogP contribution in [0.1, 0.15) is 114 Å². The Balaban J connectivity index is -0.000000248. The van der Waals surface area contributed by atoms with Crippen molar-refractivity contribution >= 4 is 21.8 Å². The number of hydrogen-bond donors (Lipinski definition) is 2. The van der Waals surface area contributed by atoms with Crippen molar-refractivity contribution in [3.63, 3.8) is 0 Å². The molecule has 1 saturated heterocycles. The van der Waals surface area contributed by atoms with Crippen molar-refractivity contribution in [1.29, 1.82) is 0 Å². The Labute approximate surface area is 247 Å². The summed E-state index contributed by atoms with van der Waals surface area (Å²) < 4.78 is 29.7. The van der Waals surface area contributed by atoms with Gasteiger partial charge in [-0.3, -0.25) is 0 Å². The third-order valence-corrected chi connectivity index (χ3v) is 7.48. The van der Waals surface area contributed by atoms with E-state index in [2.05, 4.69) is 15.3 Å². The van der Waals surface area contributed by atoms with Gasteiger partial charge in [0.2, 0.25) is 5.95 Å². The van der Waals surface area contributed by atoms with Gasteiger partial charge >= 0.3 is 6.03 Å². The van der Waals surface area contributed by atoms with E-state index in [1.807, 2.05) is 89.2 Å². The van der Waals surface area contributed by atoms with Gasteiger partial charge in [0, 0.05) is 36.9 Å². The number of rotatable bonds is 4. The molecule has 40 heavy (non-hydrogen) atoms. The van der Waals surface area contributed by atoms with E-state index in [-0.39, 0.29) is 17.2 Å². The molecule has 236 valence electrons. The summed E-state index contributed by atoms with van der Waals surface area (Å²) in [6.45, 7) is 25.9. The molecule has 3 rings (SSSR count). The molecule has 2 aliphatic heterocycles. The summed E-state index contributed by atoms with van der Waals surface area (Å²) in [5, 5.41) is 2.31. The molecule has 1 aromatic rings. The zero-order valence-electron chi connectivity index (χ0n) is 27.8. The van der Waals surface area contributed by atoms with E-state index < -0.39 is 9.84 Å². The van der Waals surface area contributed by atoms with Crippen LogP contribution in [0.4, 0.5) is 10.7 Å². The van der Waals surface area contributed by atoms with Crippen molar-refractivity contribution in [2.75, 3.05) is 26.0 Å². The lowest BCUT2D eigenvalue weighted by Gasteiger charge is -2.23. The Morgan fingerprint density at radius 1 is 1.05 bits per heavy atom. The number of nitrogens with one attached hydrogen (secondary N) is 1. The van der Waals surface area contributed by atoms with E-state index in [0.29, 0.717) is 50.5 Å². The number of aromatic nitrogens is 2. The first-order chi connectivity index (χ1) is 19.3. The van der Waals surface area contributed by atoms with Gasteiger partial charge in [-0.15, -0.1) is 0 Å². The summed E-state index contributed by atoms with van der Waals surface area (Å²) in [6, 6.07) is -0.110. The highest BCUT2D eigenvalue weighted by atomic mass is 32.2. The number of sulfone groups is 1. The maximum atomic E-state index is 12.3. The zero-order chi connectivity index (χ0) is 32.1. The van der Waals surface area contributed by atoms with Crippen molar-refractivity contribution in [2.45, 2.75) is 121 Å². The highest BCUT2D eigenvalue weighted by Gasteiger charge is 2.29. The fourth-order valence-electron chi connectivity index (χ4n) is 3.29. The molecule has 0 spiro atoms. The third kappa shape index (κ3) is 16.6. The molecule has 0 aromatic carbocycles. The van der Waals surface area contributed by atoms with Crippen LogP contribution in [0.5, 0.6) is 0 Å². The number of amides is 2. The Hall–Kier alpha value is -2.46. The van der Waals surface area contributed by atoms with Gasteiger partial charge in [0.15, 0.2) is 9.84 Å². The van der Waals surface area contributed by atoms with Crippen molar-refractivity contribution in [3.8, 4) is 0 Å². The highest BCUT2D eigenvalue weighted by molar-refractivity contribution is 7.95. The molecule has 0 unspecified atom stereocenters. The van der Waals surface area contributed by atoms with Crippen LogP contribution in [-0.2, 0) is 27.7 Å². The number of fused-ring (bicyclic) bond motifs is 1. The first-order valence-corrected chi connectivity index (χ1v) is 16.6. The average Bonchev–Trinajstić information content (AvgIpc) is 3.46. The van der Waals surface area contributed by atoms with Crippen LogP contribution in [0.3, 0.4) is 0 Å². The number of carbonyl (C=O) groups is 1. The van der Waals surface area contributed by atoms with Gasteiger partial charge in [-0.1, -0.05) is 88.3 Å². The number of carbonyl (C=O) groups excluding carboxylic acids is 1. The van der Waals surface area contributed by atoms with E-state index in [9.17, 15) is 13.2 Å². The van der Waals surface area contributed by atoms with Crippen molar-refractivity contribution in [2.24, 2.45) is 0 Å². The van der Waals surface area contributed by atoms with E-state index in [0.717, 1.165) is 11.3 Å². The maximum Gasteiger partial charge on any atom is 0.317 e. The Morgan fingerprint density at radius 2 is 1.57 bits per heavy atom. The predicted molar refractivity (Wildman–Crippen MR) is 173 cm³/mol. The minimum Gasteiger partial charge on any atom is -0.381 e. The van der Waals surface area contributed by atoms with Crippen LogP contribution in [0, 0.1) is 0 Å². The van der Waals surface area contributed by atoms with Crippen LogP contribution < -0.4 is 11.1 Å². The molecule has 1 fully saturated rings. The number of nitrogen functional groups attached to an aromatic ring is 1. The molecule has 2 amide bonds. The first-order valence-electron chi connectivity index (χ1n) is 15.0.